The number of methoxy groups -OCH3 is 1. The molecule has 1 aromatic rings. The van der Waals surface area contributed by atoms with Gasteiger partial charge in [-0.3, -0.25) is 0 Å². The SMILES string of the molecule is CCO[Si](CCCCCCCCOc1cc(/C=C/C(=O)OC)ccc1F)(OCC)OCC. The molecular formula is C24H39FO6Si. The third-order valence-corrected chi connectivity index (χ3v) is 7.95. The smallest absolute Gasteiger partial charge is 0.490 e. The van der Waals surface area contributed by atoms with Crippen LogP contribution in [-0.2, 0) is 22.8 Å². The second-order valence-electron chi connectivity index (χ2n) is 7.25. The Kier molecular flexibility index (Phi) is 14.9. The molecule has 0 radical (unpaired) electrons. The Morgan fingerprint density at radius 1 is 0.938 bits per heavy atom. The number of hydrogen-bond donors (Lipinski definition) is 0. The quantitative estimate of drug-likeness (QED) is 0.117. The first kappa shape index (κ1) is 28.3. The van der Waals surface area contributed by atoms with Crippen molar-refractivity contribution in [3.05, 3.63) is 35.7 Å². The van der Waals surface area contributed by atoms with Crippen LogP contribution in [0.3, 0.4) is 0 Å². The van der Waals surface area contributed by atoms with Gasteiger partial charge in [0.25, 0.3) is 0 Å². The van der Waals surface area contributed by atoms with Crippen LogP contribution in [-0.4, -0.2) is 48.3 Å². The highest BCUT2D eigenvalue weighted by molar-refractivity contribution is 6.60. The summed E-state index contributed by atoms with van der Waals surface area (Å²) < 4.78 is 41.7. The van der Waals surface area contributed by atoms with E-state index in [0.29, 0.717) is 32.0 Å². The lowest BCUT2D eigenvalue weighted by molar-refractivity contribution is -0.134. The molecule has 0 aromatic heterocycles. The Labute approximate surface area is 193 Å². The van der Waals surface area contributed by atoms with Gasteiger partial charge in [0.1, 0.15) is 0 Å². The molecule has 0 aliphatic rings. The molecule has 1 rings (SSSR count). The van der Waals surface area contributed by atoms with Gasteiger partial charge in [0.15, 0.2) is 11.6 Å². The normalized spacial score (nSPS) is 11.8. The van der Waals surface area contributed by atoms with Gasteiger partial charge in [-0.15, -0.1) is 0 Å². The Morgan fingerprint density at radius 2 is 1.53 bits per heavy atom. The van der Waals surface area contributed by atoms with Gasteiger partial charge >= 0.3 is 14.8 Å². The number of unbranched alkanes of at least 4 members (excludes halogenated alkanes) is 5. The molecule has 6 nitrogen and oxygen atoms in total. The van der Waals surface area contributed by atoms with E-state index in [4.69, 9.17) is 18.0 Å². The maximum Gasteiger partial charge on any atom is 0.500 e. The minimum atomic E-state index is -2.52. The van der Waals surface area contributed by atoms with Gasteiger partial charge in [-0.25, -0.2) is 9.18 Å². The summed E-state index contributed by atoms with van der Waals surface area (Å²) in [6, 6.07) is 5.36. The van der Waals surface area contributed by atoms with Gasteiger partial charge in [-0.1, -0.05) is 31.7 Å². The van der Waals surface area contributed by atoms with E-state index in [-0.39, 0.29) is 5.75 Å². The van der Waals surface area contributed by atoms with Crippen molar-refractivity contribution in [2.24, 2.45) is 0 Å². The molecule has 0 saturated heterocycles. The van der Waals surface area contributed by atoms with Crippen LogP contribution in [0.1, 0.15) is 64.9 Å². The van der Waals surface area contributed by atoms with E-state index in [2.05, 4.69) is 4.74 Å². The molecule has 182 valence electrons. The summed E-state index contributed by atoms with van der Waals surface area (Å²) in [7, 11) is -1.22. The summed E-state index contributed by atoms with van der Waals surface area (Å²) in [4.78, 5) is 11.2. The maximum absolute atomic E-state index is 13.9. The predicted molar refractivity (Wildman–Crippen MR) is 126 cm³/mol. The zero-order chi connectivity index (χ0) is 23.7. The Hall–Kier alpha value is -1.74. The molecule has 0 saturated carbocycles. The number of ether oxygens (including phenoxy) is 2. The summed E-state index contributed by atoms with van der Waals surface area (Å²) in [5.41, 5.74) is 0.678. The first-order valence-corrected chi connectivity index (χ1v) is 13.5. The molecular weight excluding hydrogens is 431 g/mol. The van der Waals surface area contributed by atoms with Crippen LogP contribution in [0.4, 0.5) is 4.39 Å². The average molecular weight is 471 g/mol. The van der Waals surface area contributed by atoms with Gasteiger partial charge in [-0.05, 0) is 57.4 Å². The fourth-order valence-corrected chi connectivity index (χ4v) is 5.99. The highest BCUT2D eigenvalue weighted by Gasteiger charge is 2.39. The van der Waals surface area contributed by atoms with E-state index in [0.717, 1.165) is 44.6 Å². The summed E-state index contributed by atoms with van der Waals surface area (Å²) in [5.74, 6) is -0.676. The number of rotatable bonds is 18. The van der Waals surface area contributed by atoms with Crippen LogP contribution in [0.5, 0.6) is 5.75 Å². The van der Waals surface area contributed by atoms with Crippen molar-refractivity contribution in [1.29, 1.82) is 0 Å². The number of carbonyl (C=O) groups is 1. The molecule has 0 bridgehead atoms. The number of carbonyl (C=O) groups excluding carboxylic acids is 1. The monoisotopic (exact) mass is 470 g/mol. The minimum Gasteiger partial charge on any atom is -0.490 e. The van der Waals surface area contributed by atoms with Crippen molar-refractivity contribution in [2.75, 3.05) is 33.5 Å². The second-order valence-corrected chi connectivity index (χ2v) is 9.98. The topological polar surface area (TPSA) is 63.2 Å². The summed E-state index contributed by atoms with van der Waals surface area (Å²) in [5, 5.41) is 0. The van der Waals surface area contributed by atoms with Gasteiger partial charge in [-0.2, -0.15) is 0 Å². The zero-order valence-electron chi connectivity index (χ0n) is 20.0. The van der Waals surface area contributed by atoms with Crippen molar-refractivity contribution < 1.29 is 31.9 Å². The molecule has 0 amide bonds. The van der Waals surface area contributed by atoms with Gasteiger partial charge < -0.3 is 22.8 Å². The molecule has 8 heteroatoms. The van der Waals surface area contributed by atoms with Crippen LogP contribution in [0, 0.1) is 5.82 Å². The standard InChI is InChI=1S/C24H39FO6Si/c1-5-29-32(30-6-2,31-7-3)19-13-11-9-8-10-12-18-28-23-20-21(14-16-22(23)25)15-17-24(26)27-4/h14-17,20H,5-13,18-19H2,1-4H3/b17-15+. The van der Waals surface area contributed by atoms with E-state index >= 15 is 0 Å². The predicted octanol–water partition coefficient (Wildman–Crippen LogP) is 5.78. The van der Waals surface area contributed by atoms with Crippen LogP contribution >= 0.6 is 0 Å². The third-order valence-electron chi connectivity index (χ3n) is 4.80. The van der Waals surface area contributed by atoms with Crippen LogP contribution in [0.2, 0.25) is 6.04 Å². The van der Waals surface area contributed by atoms with Crippen LogP contribution in [0.15, 0.2) is 24.3 Å². The highest BCUT2D eigenvalue weighted by atomic mass is 28.4. The van der Waals surface area contributed by atoms with E-state index in [1.165, 1.54) is 19.3 Å². The molecule has 0 fully saturated rings. The van der Waals surface area contributed by atoms with Gasteiger partial charge in [0.2, 0.25) is 0 Å². The fraction of sp³-hybridized carbons (Fsp3) is 0.625. The van der Waals surface area contributed by atoms with Crippen molar-refractivity contribution in [2.45, 2.75) is 65.3 Å². The minimum absolute atomic E-state index is 0.195. The zero-order valence-corrected chi connectivity index (χ0v) is 21.0. The summed E-state index contributed by atoms with van der Waals surface area (Å²) >= 11 is 0. The van der Waals surface area contributed by atoms with Gasteiger partial charge in [0, 0.05) is 31.9 Å². The van der Waals surface area contributed by atoms with E-state index in [1.807, 2.05) is 20.8 Å². The van der Waals surface area contributed by atoms with E-state index < -0.39 is 20.6 Å². The van der Waals surface area contributed by atoms with Crippen molar-refractivity contribution in [3.63, 3.8) is 0 Å². The fourth-order valence-electron chi connectivity index (χ4n) is 3.30. The van der Waals surface area contributed by atoms with Crippen LogP contribution < -0.4 is 4.74 Å². The molecule has 0 aliphatic heterocycles. The lowest BCUT2D eigenvalue weighted by Gasteiger charge is -2.28. The Balaban J connectivity index is 2.27. The molecule has 0 unspecified atom stereocenters. The molecule has 0 spiro atoms. The number of benzene rings is 1. The second kappa shape index (κ2) is 16.8. The molecule has 0 heterocycles. The van der Waals surface area contributed by atoms with Crippen molar-refractivity contribution in [1.82, 2.24) is 0 Å². The Morgan fingerprint density at radius 3 is 2.12 bits per heavy atom. The molecule has 0 N–H and O–H groups in total. The average Bonchev–Trinajstić information content (AvgIpc) is 2.78. The van der Waals surface area contributed by atoms with Crippen molar-refractivity contribution in [3.8, 4) is 5.75 Å². The summed E-state index contributed by atoms with van der Waals surface area (Å²) in [6.07, 6.45) is 9.09. The number of halogens is 1. The van der Waals surface area contributed by atoms with E-state index in [9.17, 15) is 9.18 Å². The van der Waals surface area contributed by atoms with Crippen molar-refractivity contribution >= 4 is 20.8 Å². The summed E-state index contributed by atoms with van der Waals surface area (Å²) in [6.45, 7) is 8.21. The lowest BCUT2D eigenvalue weighted by Crippen LogP contribution is -2.45. The molecule has 0 aliphatic carbocycles. The number of esters is 1. The van der Waals surface area contributed by atoms with E-state index in [1.54, 1.807) is 18.2 Å². The molecule has 0 atom stereocenters. The lowest BCUT2D eigenvalue weighted by atomic mass is 10.1. The first-order chi connectivity index (χ1) is 15.5. The first-order valence-electron chi connectivity index (χ1n) is 11.6. The maximum atomic E-state index is 13.9. The third kappa shape index (κ3) is 11.2. The van der Waals surface area contributed by atoms with Gasteiger partial charge in [0.05, 0.1) is 13.7 Å². The van der Waals surface area contributed by atoms with Crippen LogP contribution in [0.25, 0.3) is 6.08 Å². The highest BCUT2D eigenvalue weighted by Crippen LogP contribution is 2.22. The molecule has 32 heavy (non-hydrogen) atoms. The largest absolute Gasteiger partial charge is 0.500 e. The molecule has 1 aromatic carbocycles. The Bertz CT molecular complexity index is 665. The number of hydrogen-bond acceptors (Lipinski definition) is 6.